The van der Waals surface area contributed by atoms with Gasteiger partial charge in [-0.1, -0.05) is 64.3 Å². The van der Waals surface area contributed by atoms with Crippen molar-refractivity contribution in [1.29, 1.82) is 0 Å². The fourth-order valence-corrected chi connectivity index (χ4v) is 0.837. The van der Waals surface area contributed by atoms with Gasteiger partial charge in [-0.15, -0.1) is 0 Å². The van der Waals surface area contributed by atoms with Crippen LogP contribution in [-0.4, -0.2) is 0 Å². The van der Waals surface area contributed by atoms with Crippen molar-refractivity contribution in [2.24, 2.45) is 0 Å². The molecule has 1 aliphatic carbocycles. The number of hydrogen-bond donors (Lipinski definition) is 0. The van der Waals surface area contributed by atoms with Crippen LogP contribution in [0.2, 0.25) is 0 Å². The molecule has 0 heteroatoms. The first kappa shape index (κ1) is 14.5. The molecule has 0 amide bonds. The van der Waals surface area contributed by atoms with E-state index >= 15 is 0 Å². The minimum Gasteiger partial charge on any atom is -0.0918 e. The molecule has 0 bridgehead atoms. The summed E-state index contributed by atoms with van der Waals surface area (Å²) < 4.78 is 0. The molecule has 13 heavy (non-hydrogen) atoms. The Bertz CT molecular complexity index is 192. The molecule has 1 aliphatic rings. The van der Waals surface area contributed by atoms with Crippen LogP contribution in [0.1, 0.15) is 34.1 Å². The second-order valence-electron chi connectivity index (χ2n) is 2.34. The molecular formula is C13H22. The van der Waals surface area contributed by atoms with Gasteiger partial charge < -0.3 is 0 Å². The van der Waals surface area contributed by atoms with E-state index in [1.54, 1.807) is 0 Å². The van der Waals surface area contributed by atoms with Crippen LogP contribution in [0, 0.1) is 0 Å². The smallest absolute Gasteiger partial charge is 0.0313 e. The van der Waals surface area contributed by atoms with E-state index in [0.717, 1.165) is 18.4 Å². The van der Waals surface area contributed by atoms with Gasteiger partial charge in [0.1, 0.15) is 0 Å². The molecule has 1 rings (SSSR count). The van der Waals surface area contributed by atoms with Gasteiger partial charge in [-0.05, 0) is 18.4 Å². The molecule has 0 spiro atoms. The predicted molar refractivity (Wildman–Crippen MR) is 63.9 cm³/mol. The number of hydrogen-bond acceptors (Lipinski definition) is 0. The molecule has 74 valence electrons. The summed E-state index contributed by atoms with van der Waals surface area (Å²) in [6, 6.07) is 0. The standard InChI is InChI=1S/C10H12.C2H6.CH4/c1-10-8-6-4-2-3-5-7-9-10;1-2;/h2,4,6-9H,1,3,5H2;1-2H3;1H4/b4-2-,8-6-,9-7-;;. The van der Waals surface area contributed by atoms with E-state index in [4.69, 9.17) is 0 Å². The highest BCUT2D eigenvalue weighted by Crippen LogP contribution is 2.02. The molecule has 0 aromatic rings. The van der Waals surface area contributed by atoms with E-state index in [0.29, 0.717) is 0 Å². The van der Waals surface area contributed by atoms with Crippen molar-refractivity contribution in [1.82, 2.24) is 0 Å². The predicted octanol–water partition coefficient (Wildman–Crippen LogP) is 4.67. The summed E-state index contributed by atoms with van der Waals surface area (Å²) in [5.74, 6) is 0. The molecule has 0 saturated heterocycles. The number of allylic oxidation sites excluding steroid dienone is 7. The molecule has 0 atom stereocenters. The minimum atomic E-state index is 0. The van der Waals surface area contributed by atoms with Gasteiger partial charge in [-0.25, -0.2) is 0 Å². The summed E-state index contributed by atoms with van der Waals surface area (Å²) in [6.07, 6.45) is 14.7. The molecular weight excluding hydrogens is 156 g/mol. The van der Waals surface area contributed by atoms with Crippen molar-refractivity contribution in [3.63, 3.8) is 0 Å². The summed E-state index contributed by atoms with van der Waals surface area (Å²) in [4.78, 5) is 0. The molecule has 0 radical (unpaired) electrons. The first-order valence-corrected chi connectivity index (χ1v) is 4.58. The average molecular weight is 178 g/mol. The van der Waals surface area contributed by atoms with E-state index in [1.165, 1.54) is 0 Å². The van der Waals surface area contributed by atoms with Crippen LogP contribution in [0.15, 0.2) is 48.6 Å². The van der Waals surface area contributed by atoms with Crippen LogP contribution in [0.4, 0.5) is 0 Å². The van der Waals surface area contributed by atoms with Crippen LogP contribution < -0.4 is 0 Å². The van der Waals surface area contributed by atoms with Crippen LogP contribution in [0.3, 0.4) is 0 Å². The summed E-state index contributed by atoms with van der Waals surface area (Å²) in [5.41, 5.74) is 1.08. The third kappa shape index (κ3) is 8.87. The lowest BCUT2D eigenvalue weighted by molar-refractivity contribution is 1.05. The van der Waals surface area contributed by atoms with Crippen molar-refractivity contribution in [3.8, 4) is 0 Å². The quantitative estimate of drug-likeness (QED) is 0.506. The second kappa shape index (κ2) is 11.0. The van der Waals surface area contributed by atoms with E-state index in [-0.39, 0.29) is 7.43 Å². The fraction of sp³-hybridized carbons (Fsp3) is 0.385. The van der Waals surface area contributed by atoms with E-state index in [2.05, 4.69) is 30.9 Å². The van der Waals surface area contributed by atoms with Crippen LogP contribution in [-0.2, 0) is 0 Å². The lowest BCUT2D eigenvalue weighted by atomic mass is 10.2. The zero-order chi connectivity index (χ0) is 9.23. The Balaban J connectivity index is 0. The van der Waals surface area contributed by atoms with Crippen LogP contribution >= 0.6 is 0 Å². The van der Waals surface area contributed by atoms with Crippen molar-refractivity contribution in [2.75, 3.05) is 0 Å². The zero-order valence-electron chi connectivity index (χ0n) is 8.09. The first-order valence-electron chi connectivity index (χ1n) is 4.58. The Labute approximate surface area is 83.4 Å². The lowest BCUT2D eigenvalue weighted by Crippen LogP contribution is -1.64. The molecule has 0 unspecified atom stereocenters. The lowest BCUT2D eigenvalue weighted by Gasteiger charge is -1.85. The molecule has 0 N–H and O–H groups in total. The summed E-state index contributed by atoms with van der Waals surface area (Å²) in [6.45, 7) is 7.85. The minimum absolute atomic E-state index is 0. The summed E-state index contributed by atoms with van der Waals surface area (Å²) >= 11 is 0. The fourth-order valence-electron chi connectivity index (χ4n) is 0.837. The van der Waals surface area contributed by atoms with Gasteiger partial charge in [-0.3, -0.25) is 0 Å². The van der Waals surface area contributed by atoms with Gasteiger partial charge in [0.2, 0.25) is 0 Å². The van der Waals surface area contributed by atoms with Gasteiger partial charge in [0.25, 0.3) is 0 Å². The third-order valence-corrected chi connectivity index (χ3v) is 1.39. The summed E-state index contributed by atoms with van der Waals surface area (Å²) in [7, 11) is 0. The van der Waals surface area contributed by atoms with Gasteiger partial charge in [0.15, 0.2) is 0 Å². The van der Waals surface area contributed by atoms with Crippen molar-refractivity contribution >= 4 is 0 Å². The molecule has 0 aromatic heterocycles. The number of rotatable bonds is 0. The van der Waals surface area contributed by atoms with E-state index in [1.807, 2.05) is 26.0 Å². The van der Waals surface area contributed by atoms with Crippen molar-refractivity contribution in [2.45, 2.75) is 34.1 Å². The maximum atomic E-state index is 3.85. The van der Waals surface area contributed by atoms with Crippen LogP contribution in [0.25, 0.3) is 0 Å². The maximum absolute atomic E-state index is 3.85. The Kier molecular flexibility index (Phi) is 12.2. The van der Waals surface area contributed by atoms with Crippen LogP contribution in [0.5, 0.6) is 0 Å². The van der Waals surface area contributed by atoms with Gasteiger partial charge >= 0.3 is 0 Å². The zero-order valence-corrected chi connectivity index (χ0v) is 8.09. The average Bonchev–Trinajstić information content (AvgIpc) is 2.22. The van der Waals surface area contributed by atoms with Crippen molar-refractivity contribution < 1.29 is 0 Å². The Hall–Kier alpha value is -1.04. The Morgan fingerprint density at radius 2 is 1.62 bits per heavy atom. The van der Waals surface area contributed by atoms with Crippen molar-refractivity contribution in [3.05, 3.63) is 48.6 Å². The van der Waals surface area contributed by atoms with E-state index < -0.39 is 0 Å². The second-order valence-corrected chi connectivity index (χ2v) is 2.34. The SMILES string of the molecule is C.C=C1/C=C\C=C/CC/C=C\1.CC. The molecule has 0 fully saturated rings. The molecule has 0 saturated carbocycles. The van der Waals surface area contributed by atoms with Gasteiger partial charge in [-0.2, -0.15) is 0 Å². The largest absolute Gasteiger partial charge is 0.0918 e. The van der Waals surface area contributed by atoms with Gasteiger partial charge in [0, 0.05) is 0 Å². The highest BCUT2D eigenvalue weighted by Gasteiger charge is 1.81. The molecule has 0 nitrogen and oxygen atoms in total. The summed E-state index contributed by atoms with van der Waals surface area (Å²) in [5, 5.41) is 0. The third-order valence-electron chi connectivity index (χ3n) is 1.39. The maximum Gasteiger partial charge on any atom is -0.0313 e. The molecule has 0 aliphatic heterocycles. The van der Waals surface area contributed by atoms with Gasteiger partial charge in [0.05, 0.1) is 0 Å². The Morgan fingerprint density at radius 3 is 2.31 bits per heavy atom. The Morgan fingerprint density at radius 1 is 1.00 bits per heavy atom. The van der Waals surface area contributed by atoms with E-state index in [9.17, 15) is 0 Å². The molecule has 0 heterocycles. The molecule has 0 aromatic carbocycles. The topological polar surface area (TPSA) is 0 Å². The normalized spacial score (nSPS) is 21.8. The monoisotopic (exact) mass is 178 g/mol. The highest BCUT2D eigenvalue weighted by atomic mass is 13.9. The highest BCUT2D eigenvalue weighted by molar-refractivity contribution is 5.30. The first-order chi connectivity index (χ1) is 5.89.